The summed E-state index contributed by atoms with van der Waals surface area (Å²) in [6, 6.07) is 4.25. The summed E-state index contributed by atoms with van der Waals surface area (Å²) in [7, 11) is 0. The van der Waals surface area contributed by atoms with Crippen LogP contribution in [0, 0.1) is 13.8 Å². The molecule has 0 saturated carbocycles. The van der Waals surface area contributed by atoms with Crippen molar-refractivity contribution in [3.63, 3.8) is 0 Å². The Hall–Kier alpha value is -1.31. The lowest BCUT2D eigenvalue weighted by Gasteiger charge is -2.25. The van der Waals surface area contributed by atoms with Crippen LogP contribution in [0.4, 0.5) is 5.69 Å². The van der Waals surface area contributed by atoms with Gasteiger partial charge in [0.15, 0.2) is 0 Å². The van der Waals surface area contributed by atoms with E-state index in [1.165, 1.54) is 11.1 Å². The van der Waals surface area contributed by atoms with Gasteiger partial charge in [-0.1, -0.05) is 38.5 Å². The number of aryl methyl sites for hydroxylation is 2. The predicted octanol–water partition coefficient (Wildman–Crippen LogP) is 3.56. The first-order valence-corrected chi connectivity index (χ1v) is 5.61. The SMILES string of the molecule is CC(=O)Nc1c(C)cc(C)cc1C(C)(C)C. The van der Waals surface area contributed by atoms with Crippen molar-refractivity contribution in [1.82, 2.24) is 0 Å². The Bertz CT molecular complexity index is 413. The van der Waals surface area contributed by atoms with Crippen LogP contribution < -0.4 is 5.32 Å². The molecule has 0 atom stereocenters. The number of hydrogen-bond acceptors (Lipinski definition) is 1. The Morgan fingerprint density at radius 3 is 2.19 bits per heavy atom. The second kappa shape index (κ2) is 4.28. The average molecular weight is 219 g/mol. The summed E-state index contributed by atoms with van der Waals surface area (Å²) >= 11 is 0. The van der Waals surface area contributed by atoms with E-state index in [1.54, 1.807) is 6.92 Å². The number of nitrogens with one attached hydrogen (secondary N) is 1. The summed E-state index contributed by atoms with van der Waals surface area (Å²) in [5, 5.41) is 2.94. The summed E-state index contributed by atoms with van der Waals surface area (Å²) in [5.41, 5.74) is 4.55. The molecule has 0 radical (unpaired) electrons. The van der Waals surface area contributed by atoms with Crippen LogP contribution in [0.5, 0.6) is 0 Å². The molecule has 0 unspecified atom stereocenters. The maximum Gasteiger partial charge on any atom is 0.221 e. The molecule has 1 aromatic carbocycles. The highest BCUT2D eigenvalue weighted by Crippen LogP contribution is 2.33. The zero-order valence-electron chi connectivity index (χ0n) is 11.1. The van der Waals surface area contributed by atoms with Crippen molar-refractivity contribution < 1.29 is 4.79 Å². The molecule has 2 nitrogen and oxygen atoms in total. The monoisotopic (exact) mass is 219 g/mol. The number of carbonyl (C=O) groups is 1. The lowest BCUT2D eigenvalue weighted by Crippen LogP contribution is -2.18. The zero-order chi connectivity index (χ0) is 12.5. The molecule has 0 aliphatic heterocycles. The smallest absolute Gasteiger partial charge is 0.221 e. The van der Waals surface area contributed by atoms with E-state index in [0.29, 0.717) is 0 Å². The van der Waals surface area contributed by atoms with Gasteiger partial charge in [-0.3, -0.25) is 4.79 Å². The Labute approximate surface area is 98.1 Å². The highest BCUT2D eigenvalue weighted by Gasteiger charge is 2.20. The highest BCUT2D eigenvalue weighted by atomic mass is 16.1. The standard InChI is InChI=1S/C14H21NO/c1-9-7-10(2)13(15-11(3)16)12(8-9)14(4,5)6/h7-8H,1-6H3,(H,15,16). The van der Waals surface area contributed by atoms with Crippen molar-refractivity contribution >= 4 is 11.6 Å². The molecule has 0 fully saturated rings. The van der Waals surface area contributed by atoms with E-state index in [0.717, 1.165) is 11.3 Å². The third-order valence-electron chi connectivity index (χ3n) is 2.59. The first-order valence-electron chi connectivity index (χ1n) is 5.61. The van der Waals surface area contributed by atoms with Crippen molar-refractivity contribution in [3.05, 3.63) is 28.8 Å². The fraction of sp³-hybridized carbons (Fsp3) is 0.500. The number of hydrogen-bond donors (Lipinski definition) is 1. The molecule has 0 saturated heterocycles. The van der Waals surface area contributed by atoms with E-state index in [2.05, 4.69) is 45.1 Å². The molecule has 1 N–H and O–H groups in total. The molecule has 2 heteroatoms. The second-order valence-electron chi connectivity index (χ2n) is 5.44. The molecule has 0 aliphatic rings. The predicted molar refractivity (Wildman–Crippen MR) is 68.9 cm³/mol. The van der Waals surface area contributed by atoms with Crippen molar-refractivity contribution in [1.29, 1.82) is 0 Å². The Morgan fingerprint density at radius 1 is 1.19 bits per heavy atom. The van der Waals surface area contributed by atoms with Crippen LogP contribution in [0.15, 0.2) is 12.1 Å². The second-order valence-corrected chi connectivity index (χ2v) is 5.44. The van der Waals surface area contributed by atoms with E-state index in [9.17, 15) is 4.79 Å². The number of benzene rings is 1. The van der Waals surface area contributed by atoms with Crippen LogP contribution in [-0.4, -0.2) is 5.91 Å². The minimum absolute atomic E-state index is 0.0162. The quantitative estimate of drug-likeness (QED) is 0.768. The molecule has 1 aromatic rings. The van der Waals surface area contributed by atoms with Gasteiger partial charge in [-0.15, -0.1) is 0 Å². The van der Waals surface area contributed by atoms with E-state index in [-0.39, 0.29) is 11.3 Å². The molecule has 0 aromatic heterocycles. The van der Waals surface area contributed by atoms with Gasteiger partial charge in [-0.25, -0.2) is 0 Å². The maximum absolute atomic E-state index is 11.2. The Balaban J connectivity index is 3.38. The fourth-order valence-electron chi connectivity index (χ4n) is 1.90. The molecule has 16 heavy (non-hydrogen) atoms. The fourth-order valence-corrected chi connectivity index (χ4v) is 1.90. The van der Waals surface area contributed by atoms with Crippen LogP contribution in [0.3, 0.4) is 0 Å². The highest BCUT2D eigenvalue weighted by molar-refractivity contribution is 5.90. The third-order valence-corrected chi connectivity index (χ3v) is 2.59. The van der Waals surface area contributed by atoms with Gasteiger partial charge < -0.3 is 5.32 Å². The lowest BCUT2D eigenvalue weighted by atomic mass is 9.83. The molecule has 0 spiro atoms. The van der Waals surface area contributed by atoms with E-state index in [1.807, 2.05) is 6.92 Å². The molecule has 0 aliphatic carbocycles. The summed E-state index contributed by atoms with van der Waals surface area (Å²) in [6.07, 6.45) is 0. The summed E-state index contributed by atoms with van der Waals surface area (Å²) in [4.78, 5) is 11.2. The molecule has 1 amide bonds. The topological polar surface area (TPSA) is 29.1 Å². The molecular weight excluding hydrogens is 198 g/mol. The lowest BCUT2D eigenvalue weighted by molar-refractivity contribution is -0.114. The van der Waals surface area contributed by atoms with Crippen LogP contribution >= 0.6 is 0 Å². The van der Waals surface area contributed by atoms with Gasteiger partial charge in [-0.2, -0.15) is 0 Å². The van der Waals surface area contributed by atoms with E-state index in [4.69, 9.17) is 0 Å². The minimum atomic E-state index is -0.0162. The Morgan fingerprint density at radius 2 is 1.75 bits per heavy atom. The van der Waals surface area contributed by atoms with Crippen LogP contribution in [0.2, 0.25) is 0 Å². The zero-order valence-corrected chi connectivity index (χ0v) is 11.1. The first kappa shape index (κ1) is 12.8. The molecule has 1 rings (SSSR count). The molecule has 88 valence electrons. The van der Waals surface area contributed by atoms with Crippen molar-refractivity contribution in [2.45, 2.75) is 47.0 Å². The van der Waals surface area contributed by atoms with Gasteiger partial charge in [-0.05, 0) is 30.4 Å². The number of anilines is 1. The van der Waals surface area contributed by atoms with Crippen LogP contribution in [-0.2, 0) is 10.2 Å². The third kappa shape index (κ3) is 2.84. The first-order chi connectivity index (χ1) is 7.21. The van der Waals surface area contributed by atoms with Crippen LogP contribution in [0.25, 0.3) is 0 Å². The molecule has 0 heterocycles. The van der Waals surface area contributed by atoms with Gasteiger partial charge in [0.2, 0.25) is 5.91 Å². The van der Waals surface area contributed by atoms with Crippen molar-refractivity contribution in [2.75, 3.05) is 5.32 Å². The number of amides is 1. The van der Waals surface area contributed by atoms with Crippen molar-refractivity contribution in [2.24, 2.45) is 0 Å². The van der Waals surface area contributed by atoms with Crippen molar-refractivity contribution in [3.8, 4) is 0 Å². The van der Waals surface area contributed by atoms with Crippen LogP contribution in [0.1, 0.15) is 44.4 Å². The van der Waals surface area contributed by atoms with Gasteiger partial charge in [0.05, 0.1) is 0 Å². The van der Waals surface area contributed by atoms with Gasteiger partial charge in [0, 0.05) is 12.6 Å². The summed E-state index contributed by atoms with van der Waals surface area (Å²) < 4.78 is 0. The van der Waals surface area contributed by atoms with E-state index < -0.39 is 0 Å². The normalized spacial score (nSPS) is 11.4. The molecular formula is C14H21NO. The molecule has 0 bridgehead atoms. The van der Waals surface area contributed by atoms with Gasteiger partial charge in [0.1, 0.15) is 0 Å². The maximum atomic E-state index is 11.2. The summed E-state index contributed by atoms with van der Waals surface area (Å²) in [6.45, 7) is 12.1. The number of carbonyl (C=O) groups excluding carboxylic acids is 1. The Kier molecular flexibility index (Phi) is 3.41. The largest absolute Gasteiger partial charge is 0.326 e. The number of rotatable bonds is 1. The van der Waals surface area contributed by atoms with Gasteiger partial charge >= 0.3 is 0 Å². The van der Waals surface area contributed by atoms with E-state index >= 15 is 0 Å². The van der Waals surface area contributed by atoms with Gasteiger partial charge in [0.25, 0.3) is 0 Å². The average Bonchev–Trinajstić information content (AvgIpc) is 2.06. The minimum Gasteiger partial charge on any atom is -0.326 e. The summed E-state index contributed by atoms with van der Waals surface area (Å²) in [5.74, 6) is -0.0162.